The number of anilines is 1. The molecule has 0 aliphatic carbocycles. The number of rotatable bonds is 4. The molecule has 1 aliphatic heterocycles. The smallest absolute Gasteiger partial charge is 0.119 e. The molecule has 4 heteroatoms. The van der Waals surface area contributed by atoms with Gasteiger partial charge in [-0.1, -0.05) is 12.1 Å². The van der Waals surface area contributed by atoms with E-state index in [-0.39, 0.29) is 6.04 Å². The van der Waals surface area contributed by atoms with E-state index in [0.29, 0.717) is 12.5 Å². The first-order chi connectivity index (χ1) is 10.3. The fourth-order valence-corrected chi connectivity index (χ4v) is 3.69. The van der Waals surface area contributed by atoms with E-state index in [1.807, 2.05) is 6.92 Å². The first-order valence-corrected chi connectivity index (χ1v) is 8.46. The van der Waals surface area contributed by atoms with Crippen LogP contribution < -0.4 is 15.4 Å². The van der Waals surface area contributed by atoms with Crippen molar-refractivity contribution in [2.45, 2.75) is 25.3 Å². The third kappa shape index (κ3) is 3.39. The Hall–Kier alpha value is -1.52. The van der Waals surface area contributed by atoms with Gasteiger partial charge in [0.25, 0.3) is 0 Å². The lowest BCUT2D eigenvalue weighted by Crippen LogP contribution is -2.46. The van der Waals surface area contributed by atoms with Gasteiger partial charge in [0.05, 0.1) is 6.61 Å². The van der Waals surface area contributed by atoms with E-state index in [2.05, 4.69) is 46.0 Å². The van der Waals surface area contributed by atoms with Crippen LogP contribution >= 0.6 is 11.3 Å². The molecule has 0 bridgehead atoms. The van der Waals surface area contributed by atoms with E-state index < -0.39 is 0 Å². The molecular formula is C17H22N2OS. The van der Waals surface area contributed by atoms with Gasteiger partial charge >= 0.3 is 0 Å². The van der Waals surface area contributed by atoms with Gasteiger partial charge in [0, 0.05) is 36.1 Å². The highest BCUT2D eigenvalue weighted by Crippen LogP contribution is 2.31. The van der Waals surface area contributed by atoms with Crippen molar-refractivity contribution in [2.24, 2.45) is 5.73 Å². The number of hydrogen-bond acceptors (Lipinski definition) is 4. The van der Waals surface area contributed by atoms with Crippen molar-refractivity contribution in [3.05, 3.63) is 46.7 Å². The molecule has 2 unspecified atom stereocenters. The summed E-state index contributed by atoms with van der Waals surface area (Å²) in [4.78, 5) is 2.41. The molecule has 112 valence electrons. The van der Waals surface area contributed by atoms with Crippen LogP contribution in [0, 0.1) is 0 Å². The monoisotopic (exact) mass is 302 g/mol. The highest BCUT2D eigenvalue weighted by atomic mass is 32.1. The lowest BCUT2D eigenvalue weighted by molar-refractivity contribution is 0.340. The van der Waals surface area contributed by atoms with E-state index in [1.165, 1.54) is 11.3 Å². The average Bonchev–Trinajstić information content (AvgIpc) is 3.02. The number of piperidine rings is 1. The minimum absolute atomic E-state index is 0.232. The van der Waals surface area contributed by atoms with Gasteiger partial charge in [-0.25, -0.2) is 0 Å². The number of ether oxygens (including phenoxy) is 1. The largest absolute Gasteiger partial charge is 0.494 e. The zero-order valence-corrected chi connectivity index (χ0v) is 13.2. The number of hydrogen-bond donors (Lipinski definition) is 1. The van der Waals surface area contributed by atoms with Gasteiger partial charge in [0.2, 0.25) is 0 Å². The Morgan fingerprint density at radius 2 is 2.05 bits per heavy atom. The van der Waals surface area contributed by atoms with Crippen LogP contribution in [-0.4, -0.2) is 25.7 Å². The molecule has 2 aromatic rings. The van der Waals surface area contributed by atoms with Crippen LogP contribution in [0.15, 0.2) is 41.1 Å². The summed E-state index contributed by atoms with van der Waals surface area (Å²) in [6.07, 6.45) is 1.05. The van der Waals surface area contributed by atoms with Gasteiger partial charge < -0.3 is 15.4 Å². The highest BCUT2D eigenvalue weighted by Gasteiger charge is 2.26. The third-order valence-electron chi connectivity index (χ3n) is 4.02. The first-order valence-electron chi connectivity index (χ1n) is 7.51. The molecule has 1 fully saturated rings. The molecule has 3 rings (SSSR count). The highest BCUT2D eigenvalue weighted by molar-refractivity contribution is 7.08. The quantitative estimate of drug-likeness (QED) is 0.940. The molecule has 21 heavy (non-hydrogen) atoms. The summed E-state index contributed by atoms with van der Waals surface area (Å²) in [6.45, 7) is 4.70. The maximum atomic E-state index is 6.27. The fraction of sp³-hybridized carbons (Fsp3) is 0.412. The Labute approximate surface area is 130 Å². The fourth-order valence-electron chi connectivity index (χ4n) is 3.03. The van der Waals surface area contributed by atoms with Crippen molar-refractivity contribution in [3.8, 4) is 5.75 Å². The first kappa shape index (κ1) is 14.4. The van der Waals surface area contributed by atoms with E-state index in [9.17, 15) is 0 Å². The van der Waals surface area contributed by atoms with Crippen LogP contribution in [0.4, 0.5) is 5.69 Å². The predicted molar refractivity (Wildman–Crippen MR) is 89.5 cm³/mol. The molecule has 0 spiro atoms. The Kier molecular flexibility index (Phi) is 4.46. The summed E-state index contributed by atoms with van der Waals surface area (Å²) in [5, 5.41) is 4.33. The van der Waals surface area contributed by atoms with Gasteiger partial charge in [0.15, 0.2) is 0 Å². The van der Waals surface area contributed by atoms with Crippen LogP contribution in [0.3, 0.4) is 0 Å². The molecule has 2 heterocycles. The van der Waals surface area contributed by atoms with E-state index >= 15 is 0 Å². The third-order valence-corrected chi connectivity index (χ3v) is 4.69. The van der Waals surface area contributed by atoms with Crippen molar-refractivity contribution in [2.75, 3.05) is 24.6 Å². The Morgan fingerprint density at radius 1 is 1.24 bits per heavy atom. The SMILES string of the molecule is CCOc1ccc(C2CC(N)CN(c3ccsc3)C2)cc1. The zero-order valence-electron chi connectivity index (χ0n) is 12.4. The van der Waals surface area contributed by atoms with Crippen molar-refractivity contribution in [1.29, 1.82) is 0 Å². The maximum absolute atomic E-state index is 6.27. The minimum atomic E-state index is 0.232. The Balaban J connectivity index is 1.74. The maximum Gasteiger partial charge on any atom is 0.119 e. The second kappa shape index (κ2) is 6.50. The van der Waals surface area contributed by atoms with Crippen LogP contribution in [0.5, 0.6) is 5.75 Å². The average molecular weight is 302 g/mol. The molecule has 0 radical (unpaired) electrons. The normalized spacial score (nSPS) is 22.3. The predicted octanol–water partition coefficient (Wildman–Crippen LogP) is 3.47. The molecule has 2 N–H and O–H groups in total. The number of nitrogens with zero attached hydrogens (tertiary/aromatic N) is 1. The van der Waals surface area contributed by atoms with Crippen LogP contribution in [0.1, 0.15) is 24.8 Å². The minimum Gasteiger partial charge on any atom is -0.494 e. The van der Waals surface area contributed by atoms with Crippen LogP contribution in [0.25, 0.3) is 0 Å². The summed E-state index contributed by atoms with van der Waals surface area (Å²) in [5.41, 5.74) is 8.93. The standard InChI is InChI=1S/C17H22N2OS/c1-2-20-17-5-3-13(4-6-17)14-9-15(18)11-19(10-14)16-7-8-21-12-16/h3-8,12,14-15H,2,9-11,18H2,1H3. The van der Waals surface area contributed by atoms with Gasteiger partial charge in [-0.3, -0.25) is 0 Å². The number of benzene rings is 1. The van der Waals surface area contributed by atoms with E-state index in [1.54, 1.807) is 11.3 Å². The zero-order chi connectivity index (χ0) is 14.7. The van der Waals surface area contributed by atoms with Crippen molar-refractivity contribution >= 4 is 17.0 Å². The van der Waals surface area contributed by atoms with Gasteiger partial charge in [-0.15, -0.1) is 0 Å². The van der Waals surface area contributed by atoms with E-state index in [0.717, 1.165) is 25.3 Å². The van der Waals surface area contributed by atoms with Gasteiger partial charge in [-0.05, 0) is 42.5 Å². The van der Waals surface area contributed by atoms with E-state index in [4.69, 9.17) is 10.5 Å². The van der Waals surface area contributed by atoms with Crippen molar-refractivity contribution in [3.63, 3.8) is 0 Å². The molecule has 1 aromatic heterocycles. The second-order valence-electron chi connectivity index (χ2n) is 5.58. The Bertz CT molecular complexity index is 553. The Morgan fingerprint density at radius 3 is 2.71 bits per heavy atom. The molecule has 2 atom stereocenters. The van der Waals surface area contributed by atoms with Gasteiger partial charge in [0.1, 0.15) is 5.75 Å². The van der Waals surface area contributed by atoms with Crippen molar-refractivity contribution < 1.29 is 4.74 Å². The molecule has 3 nitrogen and oxygen atoms in total. The summed E-state index contributed by atoms with van der Waals surface area (Å²) < 4.78 is 5.52. The molecule has 1 saturated heterocycles. The molecule has 1 aromatic carbocycles. The summed E-state index contributed by atoms with van der Waals surface area (Å²) in [7, 11) is 0. The second-order valence-corrected chi connectivity index (χ2v) is 6.36. The molecule has 0 saturated carbocycles. The topological polar surface area (TPSA) is 38.5 Å². The lowest BCUT2D eigenvalue weighted by Gasteiger charge is -2.37. The molecular weight excluding hydrogens is 280 g/mol. The molecule has 0 amide bonds. The van der Waals surface area contributed by atoms with Crippen molar-refractivity contribution in [1.82, 2.24) is 0 Å². The lowest BCUT2D eigenvalue weighted by atomic mass is 9.88. The van der Waals surface area contributed by atoms with Crippen LogP contribution in [-0.2, 0) is 0 Å². The van der Waals surface area contributed by atoms with Gasteiger partial charge in [-0.2, -0.15) is 11.3 Å². The number of thiophene rings is 1. The van der Waals surface area contributed by atoms with Crippen LogP contribution in [0.2, 0.25) is 0 Å². The summed E-state index contributed by atoms with van der Waals surface area (Å²) >= 11 is 1.74. The summed E-state index contributed by atoms with van der Waals surface area (Å²) in [6, 6.07) is 10.9. The molecule has 1 aliphatic rings. The summed E-state index contributed by atoms with van der Waals surface area (Å²) in [5.74, 6) is 1.43. The number of nitrogens with two attached hydrogens (primary N) is 1.